The minimum Gasteiger partial charge on any atom is -0.481 e. The molecule has 0 radical (unpaired) electrons. The summed E-state index contributed by atoms with van der Waals surface area (Å²) in [4.78, 5) is 71.7. The zero-order valence-corrected chi connectivity index (χ0v) is 19.6. The van der Waals surface area contributed by atoms with Crippen molar-refractivity contribution in [3.05, 3.63) is 35.9 Å². The lowest BCUT2D eigenvalue weighted by Gasteiger charge is -2.24. The van der Waals surface area contributed by atoms with E-state index >= 15 is 0 Å². The Morgan fingerprint density at radius 2 is 1.40 bits per heavy atom. The number of carboxylic acids is 2. The van der Waals surface area contributed by atoms with Crippen LogP contribution in [-0.2, 0) is 35.2 Å². The second kappa shape index (κ2) is 14.6. The molecule has 0 heterocycles. The molecule has 13 nitrogen and oxygen atoms in total. The molecule has 9 N–H and O–H groups in total. The van der Waals surface area contributed by atoms with Crippen LogP contribution in [0, 0.1) is 0 Å². The Bertz CT molecular complexity index is 930. The van der Waals surface area contributed by atoms with E-state index in [0.717, 1.165) is 0 Å². The molecule has 35 heavy (non-hydrogen) atoms. The minimum atomic E-state index is -1.51. The first-order valence-corrected chi connectivity index (χ1v) is 11.1. The number of thiol groups is 1. The SMILES string of the molecule is NC(=O)CC(NC(=O)C(N)CS)C(=O)NC(CCC(=O)O)C(=O)NC(Cc1ccccc1)C(=O)O. The zero-order valence-electron chi connectivity index (χ0n) is 18.7. The van der Waals surface area contributed by atoms with Gasteiger partial charge < -0.3 is 37.6 Å². The summed E-state index contributed by atoms with van der Waals surface area (Å²) >= 11 is 3.88. The molecule has 0 aliphatic heterocycles. The van der Waals surface area contributed by atoms with E-state index in [2.05, 4.69) is 28.6 Å². The van der Waals surface area contributed by atoms with Crippen molar-refractivity contribution < 1.29 is 39.0 Å². The molecule has 4 atom stereocenters. The lowest BCUT2D eigenvalue weighted by atomic mass is 10.0. The fourth-order valence-electron chi connectivity index (χ4n) is 2.90. The van der Waals surface area contributed by atoms with Gasteiger partial charge in [-0.15, -0.1) is 0 Å². The fourth-order valence-corrected chi connectivity index (χ4v) is 3.07. The van der Waals surface area contributed by atoms with E-state index in [1.54, 1.807) is 30.3 Å². The summed E-state index contributed by atoms with van der Waals surface area (Å²) in [5.74, 6) is -6.38. The van der Waals surface area contributed by atoms with Crippen molar-refractivity contribution in [1.82, 2.24) is 16.0 Å². The summed E-state index contributed by atoms with van der Waals surface area (Å²) in [7, 11) is 0. The summed E-state index contributed by atoms with van der Waals surface area (Å²) in [5, 5.41) is 25.3. The molecule has 0 saturated heterocycles. The van der Waals surface area contributed by atoms with Crippen LogP contribution >= 0.6 is 12.6 Å². The fraction of sp³-hybridized carbons (Fsp3) is 0.429. The minimum absolute atomic E-state index is 0.0572. The van der Waals surface area contributed by atoms with Gasteiger partial charge in [0.25, 0.3) is 0 Å². The van der Waals surface area contributed by atoms with Crippen molar-refractivity contribution in [3.8, 4) is 0 Å². The Kier molecular flexibility index (Phi) is 12.2. The van der Waals surface area contributed by atoms with Crippen molar-refractivity contribution in [1.29, 1.82) is 0 Å². The van der Waals surface area contributed by atoms with Crippen LogP contribution in [0.1, 0.15) is 24.8 Å². The number of nitrogens with one attached hydrogen (secondary N) is 3. The highest BCUT2D eigenvalue weighted by molar-refractivity contribution is 7.80. The summed E-state index contributed by atoms with van der Waals surface area (Å²) < 4.78 is 0. The maximum atomic E-state index is 12.8. The monoisotopic (exact) mass is 511 g/mol. The van der Waals surface area contributed by atoms with Gasteiger partial charge in [-0.2, -0.15) is 12.6 Å². The molecule has 0 aliphatic carbocycles. The number of hydrogen-bond acceptors (Lipinski definition) is 8. The number of nitrogens with two attached hydrogens (primary N) is 2. The second-order valence-electron chi connectivity index (χ2n) is 7.60. The molecule has 0 aromatic heterocycles. The van der Waals surface area contributed by atoms with Crippen molar-refractivity contribution in [3.63, 3.8) is 0 Å². The van der Waals surface area contributed by atoms with Crippen LogP contribution in [0.5, 0.6) is 0 Å². The quantitative estimate of drug-likeness (QED) is 0.119. The van der Waals surface area contributed by atoms with E-state index < -0.39 is 79.0 Å². The van der Waals surface area contributed by atoms with Gasteiger partial charge in [0.15, 0.2) is 0 Å². The van der Waals surface area contributed by atoms with Crippen LogP contribution < -0.4 is 27.4 Å². The highest BCUT2D eigenvalue weighted by Gasteiger charge is 2.31. The third-order valence-electron chi connectivity index (χ3n) is 4.75. The number of hydrogen-bond donors (Lipinski definition) is 8. The average Bonchev–Trinajstić information content (AvgIpc) is 2.80. The smallest absolute Gasteiger partial charge is 0.326 e. The molecule has 192 valence electrons. The number of aliphatic carboxylic acids is 2. The molecule has 0 fully saturated rings. The third-order valence-corrected chi connectivity index (χ3v) is 5.14. The van der Waals surface area contributed by atoms with Gasteiger partial charge in [0.1, 0.15) is 18.1 Å². The lowest BCUT2D eigenvalue weighted by molar-refractivity contribution is -0.143. The Hall–Kier alpha value is -3.65. The van der Waals surface area contributed by atoms with Gasteiger partial charge in [-0.05, 0) is 12.0 Å². The molecule has 0 saturated carbocycles. The van der Waals surface area contributed by atoms with Crippen LogP contribution in [0.4, 0.5) is 0 Å². The van der Waals surface area contributed by atoms with Crippen LogP contribution in [0.25, 0.3) is 0 Å². The van der Waals surface area contributed by atoms with E-state index in [4.69, 9.17) is 16.6 Å². The van der Waals surface area contributed by atoms with Gasteiger partial charge in [-0.25, -0.2) is 4.79 Å². The zero-order chi connectivity index (χ0) is 26.5. The molecule has 0 aliphatic rings. The highest BCUT2D eigenvalue weighted by atomic mass is 32.1. The summed E-state index contributed by atoms with van der Waals surface area (Å²) in [6.45, 7) is 0. The second-order valence-corrected chi connectivity index (χ2v) is 7.97. The van der Waals surface area contributed by atoms with Crippen LogP contribution in [0.15, 0.2) is 30.3 Å². The Morgan fingerprint density at radius 1 is 0.857 bits per heavy atom. The van der Waals surface area contributed by atoms with E-state index in [1.165, 1.54) is 0 Å². The number of carbonyl (C=O) groups is 6. The highest BCUT2D eigenvalue weighted by Crippen LogP contribution is 2.06. The molecule has 4 amide bonds. The molecule has 14 heteroatoms. The van der Waals surface area contributed by atoms with Gasteiger partial charge in [0.2, 0.25) is 23.6 Å². The molecular weight excluding hydrogens is 482 g/mol. The van der Waals surface area contributed by atoms with Crippen LogP contribution in [0.2, 0.25) is 0 Å². The van der Waals surface area contributed by atoms with Crippen molar-refractivity contribution in [2.24, 2.45) is 11.5 Å². The summed E-state index contributed by atoms with van der Waals surface area (Å²) in [5.41, 5.74) is 11.3. The largest absolute Gasteiger partial charge is 0.481 e. The molecule has 4 unspecified atom stereocenters. The summed E-state index contributed by atoms with van der Waals surface area (Å²) in [6, 6.07) is 2.99. The number of rotatable bonds is 15. The average molecular weight is 512 g/mol. The Labute approximate surface area is 206 Å². The molecular formula is C21H29N5O8S. The number of amides is 4. The molecule has 0 spiro atoms. The first-order chi connectivity index (χ1) is 16.4. The van der Waals surface area contributed by atoms with Crippen LogP contribution in [-0.4, -0.2) is 75.7 Å². The number of carbonyl (C=O) groups excluding carboxylic acids is 4. The van der Waals surface area contributed by atoms with Crippen LogP contribution in [0.3, 0.4) is 0 Å². The topological polar surface area (TPSA) is 231 Å². The third kappa shape index (κ3) is 10.9. The van der Waals surface area contributed by atoms with Gasteiger partial charge in [0, 0.05) is 18.6 Å². The molecule has 1 rings (SSSR count). The molecule has 1 aromatic rings. The molecule has 1 aromatic carbocycles. The summed E-state index contributed by atoms with van der Waals surface area (Å²) in [6.07, 6.45) is -1.62. The lowest BCUT2D eigenvalue weighted by Crippen LogP contribution is -2.58. The van der Waals surface area contributed by atoms with Crippen molar-refractivity contribution >= 4 is 48.2 Å². The standard InChI is InChI=1S/C21H29N5O8S/c22-12(10-35)18(30)25-14(9-16(23)27)20(32)24-13(6-7-17(28)29)19(31)26-15(21(33)34)8-11-4-2-1-3-5-11/h1-5,12-15,35H,6-10,22H2,(H2,23,27)(H,24,32)(H,25,30)(H,26,31)(H,28,29)(H,33,34). The maximum Gasteiger partial charge on any atom is 0.326 e. The Morgan fingerprint density at radius 3 is 1.91 bits per heavy atom. The number of primary amides is 1. The van der Waals surface area contributed by atoms with E-state index in [1.807, 2.05) is 0 Å². The van der Waals surface area contributed by atoms with Gasteiger partial charge in [0.05, 0.1) is 12.5 Å². The number of carboxylic acid groups (broad SMARTS) is 2. The number of benzene rings is 1. The normalized spacial score (nSPS) is 14.0. The van der Waals surface area contributed by atoms with Crippen molar-refractivity contribution in [2.45, 2.75) is 49.9 Å². The van der Waals surface area contributed by atoms with Gasteiger partial charge in [-0.3, -0.25) is 24.0 Å². The van der Waals surface area contributed by atoms with E-state index in [0.29, 0.717) is 5.56 Å². The first kappa shape index (κ1) is 29.4. The maximum absolute atomic E-state index is 12.8. The van der Waals surface area contributed by atoms with E-state index in [-0.39, 0.29) is 12.2 Å². The van der Waals surface area contributed by atoms with Gasteiger partial charge in [-0.1, -0.05) is 30.3 Å². The Balaban J connectivity index is 3.04. The predicted octanol–water partition coefficient (Wildman–Crippen LogP) is -2.23. The predicted molar refractivity (Wildman–Crippen MR) is 126 cm³/mol. The molecule has 0 bridgehead atoms. The van der Waals surface area contributed by atoms with Crippen molar-refractivity contribution in [2.75, 3.05) is 5.75 Å². The first-order valence-electron chi connectivity index (χ1n) is 10.5. The van der Waals surface area contributed by atoms with E-state index in [9.17, 15) is 33.9 Å². The van der Waals surface area contributed by atoms with Gasteiger partial charge >= 0.3 is 11.9 Å².